The third-order valence-corrected chi connectivity index (χ3v) is 4.32. The number of carbonyl (C=O) groups is 1. The highest BCUT2D eigenvalue weighted by molar-refractivity contribution is 5.95. The predicted octanol–water partition coefficient (Wildman–Crippen LogP) is 2.69. The van der Waals surface area contributed by atoms with E-state index in [4.69, 9.17) is 9.47 Å². The van der Waals surface area contributed by atoms with Crippen LogP contribution < -0.4 is 14.4 Å². The van der Waals surface area contributed by atoms with Crippen molar-refractivity contribution in [1.82, 2.24) is 4.90 Å². The number of amides is 1. The Morgan fingerprint density at radius 2 is 1.80 bits per heavy atom. The lowest BCUT2D eigenvalue weighted by atomic mass is 10.1. The molecule has 2 aromatic rings. The molecule has 1 aliphatic rings. The van der Waals surface area contributed by atoms with Gasteiger partial charge in [0.05, 0.1) is 20.8 Å². The molecule has 132 valence electrons. The van der Waals surface area contributed by atoms with Gasteiger partial charge in [-0.05, 0) is 18.2 Å². The minimum atomic E-state index is -0.318. The van der Waals surface area contributed by atoms with E-state index in [2.05, 4.69) is 0 Å². The van der Waals surface area contributed by atoms with Crippen molar-refractivity contribution in [3.63, 3.8) is 0 Å². The molecular formula is C19H21FN2O3. The van der Waals surface area contributed by atoms with Crippen LogP contribution in [0.1, 0.15) is 5.56 Å². The number of methoxy groups -OCH3 is 2. The van der Waals surface area contributed by atoms with Gasteiger partial charge in [-0.3, -0.25) is 9.69 Å². The number of carbonyl (C=O) groups excluding carboxylic acids is 1. The summed E-state index contributed by atoms with van der Waals surface area (Å²) in [6, 6.07) is 12.2. The van der Waals surface area contributed by atoms with E-state index in [1.807, 2.05) is 29.2 Å². The third-order valence-electron chi connectivity index (χ3n) is 4.32. The van der Waals surface area contributed by atoms with E-state index in [0.29, 0.717) is 36.7 Å². The monoisotopic (exact) mass is 344 g/mol. The Morgan fingerprint density at radius 1 is 1.04 bits per heavy atom. The standard InChI is InChI=1S/C19H21FN2O3/c1-24-16-5-3-4-15(10-16)22-9-8-21(13-19(22)23)12-14-6-7-17(25-2)11-18(14)20/h3-7,10-11H,8-9,12-13H2,1-2H3. The van der Waals surface area contributed by atoms with E-state index in [1.54, 1.807) is 24.1 Å². The number of anilines is 1. The Bertz CT molecular complexity index is 766. The molecule has 25 heavy (non-hydrogen) atoms. The lowest BCUT2D eigenvalue weighted by Gasteiger charge is -2.34. The van der Waals surface area contributed by atoms with E-state index in [-0.39, 0.29) is 18.3 Å². The number of piperazine rings is 1. The molecule has 0 N–H and O–H groups in total. The molecule has 0 saturated carbocycles. The van der Waals surface area contributed by atoms with Crippen LogP contribution in [0.5, 0.6) is 11.5 Å². The fourth-order valence-electron chi connectivity index (χ4n) is 2.93. The molecular weight excluding hydrogens is 323 g/mol. The summed E-state index contributed by atoms with van der Waals surface area (Å²) in [4.78, 5) is 16.2. The summed E-state index contributed by atoms with van der Waals surface area (Å²) >= 11 is 0. The van der Waals surface area contributed by atoms with Crippen molar-refractivity contribution < 1.29 is 18.7 Å². The van der Waals surface area contributed by atoms with E-state index in [9.17, 15) is 9.18 Å². The highest BCUT2D eigenvalue weighted by Crippen LogP contribution is 2.24. The number of benzene rings is 2. The van der Waals surface area contributed by atoms with Crippen LogP contribution in [0.2, 0.25) is 0 Å². The molecule has 0 aliphatic carbocycles. The lowest BCUT2D eigenvalue weighted by molar-refractivity contribution is -0.121. The second-order valence-electron chi connectivity index (χ2n) is 5.91. The molecule has 0 bridgehead atoms. The zero-order chi connectivity index (χ0) is 17.8. The summed E-state index contributed by atoms with van der Waals surface area (Å²) in [5, 5.41) is 0. The molecule has 0 unspecified atom stereocenters. The number of hydrogen-bond donors (Lipinski definition) is 0. The normalized spacial score (nSPS) is 15.3. The van der Waals surface area contributed by atoms with Gasteiger partial charge >= 0.3 is 0 Å². The van der Waals surface area contributed by atoms with Gasteiger partial charge in [0.25, 0.3) is 0 Å². The first kappa shape index (κ1) is 17.2. The van der Waals surface area contributed by atoms with Gasteiger partial charge in [0.15, 0.2) is 0 Å². The molecule has 1 saturated heterocycles. The number of hydrogen-bond acceptors (Lipinski definition) is 4. The van der Waals surface area contributed by atoms with Gasteiger partial charge < -0.3 is 14.4 Å². The fourth-order valence-corrected chi connectivity index (χ4v) is 2.93. The maximum absolute atomic E-state index is 14.1. The van der Waals surface area contributed by atoms with Crippen molar-refractivity contribution in [3.8, 4) is 11.5 Å². The summed E-state index contributed by atoms with van der Waals surface area (Å²) in [5.74, 6) is 0.878. The minimum Gasteiger partial charge on any atom is -0.497 e. The molecule has 1 aliphatic heterocycles. The molecule has 1 fully saturated rings. The second-order valence-corrected chi connectivity index (χ2v) is 5.91. The smallest absolute Gasteiger partial charge is 0.241 e. The quantitative estimate of drug-likeness (QED) is 0.836. The van der Waals surface area contributed by atoms with E-state index in [0.717, 1.165) is 5.69 Å². The molecule has 0 aromatic heterocycles. The molecule has 0 spiro atoms. The summed E-state index contributed by atoms with van der Waals surface area (Å²) in [7, 11) is 3.10. The van der Waals surface area contributed by atoms with Crippen LogP contribution >= 0.6 is 0 Å². The molecule has 2 aromatic carbocycles. The van der Waals surface area contributed by atoms with Crippen LogP contribution in [0.3, 0.4) is 0 Å². The Labute approximate surface area is 146 Å². The first-order valence-corrected chi connectivity index (χ1v) is 8.10. The van der Waals surface area contributed by atoms with E-state index >= 15 is 0 Å². The average molecular weight is 344 g/mol. The van der Waals surface area contributed by atoms with Gasteiger partial charge in [-0.25, -0.2) is 4.39 Å². The van der Waals surface area contributed by atoms with Gasteiger partial charge in [0.1, 0.15) is 17.3 Å². The largest absolute Gasteiger partial charge is 0.497 e. The summed E-state index contributed by atoms with van der Waals surface area (Å²) < 4.78 is 24.3. The second kappa shape index (κ2) is 7.53. The minimum absolute atomic E-state index is 0.00609. The van der Waals surface area contributed by atoms with Crippen molar-refractivity contribution in [2.75, 3.05) is 38.8 Å². The molecule has 1 amide bonds. The average Bonchev–Trinajstić information content (AvgIpc) is 2.63. The zero-order valence-electron chi connectivity index (χ0n) is 14.4. The predicted molar refractivity (Wildman–Crippen MR) is 93.6 cm³/mol. The lowest BCUT2D eigenvalue weighted by Crippen LogP contribution is -2.50. The van der Waals surface area contributed by atoms with Gasteiger partial charge in [0, 0.05) is 43.0 Å². The summed E-state index contributed by atoms with van der Waals surface area (Å²) in [6.07, 6.45) is 0. The molecule has 3 rings (SSSR count). The van der Waals surface area contributed by atoms with Crippen LogP contribution in [-0.2, 0) is 11.3 Å². The Balaban J connectivity index is 1.66. The summed E-state index contributed by atoms with van der Waals surface area (Å²) in [6.45, 7) is 1.88. The number of rotatable bonds is 5. The van der Waals surface area contributed by atoms with Crippen LogP contribution in [-0.4, -0.2) is 44.7 Å². The SMILES string of the molecule is COc1cccc(N2CCN(Cc3ccc(OC)cc3F)CC2=O)c1. The molecule has 6 heteroatoms. The first-order valence-electron chi connectivity index (χ1n) is 8.10. The van der Waals surface area contributed by atoms with Crippen molar-refractivity contribution in [1.29, 1.82) is 0 Å². The molecule has 0 atom stereocenters. The van der Waals surface area contributed by atoms with E-state index < -0.39 is 0 Å². The van der Waals surface area contributed by atoms with Gasteiger partial charge in [-0.15, -0.1) is 0 Å². The van der Waals surface area contributed by atoms with Gasteiger partial charge in [-0.1, -0.05) is 12.1 Å². The maximum atomic E-state index is 14.1. The van der Waals surface area contributed by atoms with Crippen molar-refractivity contribution in [2.24, 2.45) is 0 Å². The van der Waals surface area contributed by atoms with Gasteiger partial charge in [-0.2, -0.15) is 0 Å². The van der Waals surface area contributed by atoms with Crippen LogP contribution in [0.25, 0.3) is 0 Å². The highest BCUT2D eigenvalue weighted by atomic mass is 19.1. The van der Waals surface area contributed by atoms with Crippen LogP contribution in [0.4, 0.5) is 10.1 Å². The third kappa shape index (κ3) is 3.91. The molecule has 5 nitrogen and oxygen atoms in total. The molecule has 0 radical (unpaired) electrons. The Morgan fingerprint density at radius 3 is 2.48 bits per heavy atom. The maximum Gasteiger partial charge on any atom is 0.241 e. The highest BCUT2D eigenvalue weighted by Gasteiger charge is 2.25. The molecule has 1 heterocycles. The van der Waals surface area contributed by atoms with Crippen molar-refractivity contribution >= 4 is 11.6 Å². The topological polar surface area (TPSA) is 42.0 Å². The first-order chi connectivity index (χ1) is 12.1. The zero-order valence-corrected chi connectivity index (χ0v) is 14.4. The number of ether oxygens (including phenoxy) is 2. The summed E-state index contributed by atoms with van der Waals surface area (Å²) in [5.41, 5.74) is 1.38. The van der Waals surface area contributed by atoms with Crippen LogP contribution in [0.15, 0.2) is 42.5 Å². The number of halogens is 1. The van der Waals surface area contributed by atoms with Gasteiger partial charge in [0.2, 0.25) is 5.91 Å². The van der Waals surface area contributed by atoms with Crippen molar-refractivity contribution in [2.45, 2.75) is 6.54 Å². The number of nitrogens with zero attached hydrogens (tertiary/aromatic N) is 2. The van der Waals surface area contributed by atoms with E-state index in [1.165, 1.54) is 13.2 Å². The van der Waals surface area contributed by atoms with Crippen molar-refractivity contribution in [3.05, 3.63) is 53.8 Å². The fraction of sp³-hybridized carbons (Fsp3) is 0.316. The van der Waals surface area contributed by atoms with Crippen LogP contribution in [0, 0.1) is 5.82 Å². The Kier molecular flexibility index (Phi) is 5.19. The Hall–Kier alpha value is -2.60.